The summed E-state index contributed by atoms with van der Waals surface area (Å²) in [6, 6.07) is 7.09. The smallest absolute Gasteiger partial charge is 0.335 e. The molecule has 114 valence electrons. The number of carbonyl (C=O) groups is 2. The normalized spacial score (nSPS) is 15.7. The molecule has 0 saturated heterocycles. The van der Waals surface area contributed by atoms with Gasteiger partial charge < -0.3 is 10.0 Å². The van der Waals surface area contributed by atoms with E-state index in [-0.39, 0.29) is 17.9 Å². The number of hydrogen-bond acceptors (Lipinski definition) is 2. The lowest BCUT2D eigenvalue weighted by molar-refractivity contribution is -0.133. The lowest BCUT2D eigenvalue weighted by Gasteiger charge is -2.33. The van der Waals surface area contributed by atoms with Crippen molar-refractivity contribution in [3.8, 4) is 0 Å². The summed E-state index contributed by atoms with van der Waals surface area (Å²) in [5.41, 5.74) is 0.829. The van der Waals surface area contributed by atoms with Crippen LogP contribution in [0.25, 0.3) is 0 Å². The molecule has 1 saturated carbocycles. The average molecular weight is 289 g/mol. The first-order chi connectivity index (χ1) is 10.1. The molecule has 2 rings (SSSR count). The van der Waals surface area contributed by atoms with Crippen molar-refractivity contribution in [1.82, 2.24) is 4.90 Å². The second-order valence-electron chi connectivity index (χ2n) is 5.61. The molecule has 1 amide bonds. The van der Waals surface area contributed by atoms with Gasteiger partial charge in [0.05, 0.1) is 12.0 Å². The van der Waals surface area contributed by atoms with Crippen molar-refractivity contribution in [3.05, 3.63) is 35.4 Å². The molecule has 0 unspecified atom stereocenters. The Bertz CT molecular complexity index is 507. The largest absolute Gasteiger partial charge is 0.478 e. The molecule has 4 nitrogen and oxygen atoms in total. The van der Waals surface area contributed by atoms with Gasteiger partial charge in [-0.15, -0.1) is 0 Å². The van der Waals surface area contributed by atoms with Crippen LogP contribution < -0.4 is 0 Å². The van der Waals surface area contributed by atoms with E-state index in [1.165, 1.54) is 19.3 Å². The van der Waals surface area contributed by atoms with Crippen LogP contribution in [0.2, 0.25) is 0 Å². The maximum Gasteiger partial charge on any atom is 0.335 e. The summed E-state index contributed by atoms with van der Waals surface area (Å²) in [5, 5.41) is 9.20. The zero-order chi connectivity index (χ0) is 15.2. The number of hydrogen-bond donors (Lipinski definition) is 1. The summed E-state index contributed by atoms with van der Waals surface area (Å²) in [5.74, 6) is -0.933. The topological polar surface area (TPSA) is 57.6 Å². The number of carbonyl (C=O) groups excluding carboxylic acids is 1. The molecule has 1 aromatic rings. The second kappa shape index (κ2) is 7.25. The monoisotopic (exact) mass is 289 g/mol. The molecular weight excluding hydrogens is 266 g/mol. The Morgan fingerprint density at radius 1 is 1.19 bits per heavy atom. The zero-order valence-corrected chi connectivity index (χ0v) is 12.5. The van der Waals surface area contributed by atoms with Gasteiger partial charge in [0, 0.05) is 12.6 Å². The Morgan fingerprint density at radius 2 is 1.86 bits per heavy atom. The Hall–Kier alpha value is -1.84. The standard InChI is InChI=1S/C17H23NO3/c1-2-18(14-9-4-3-5-10-14)16(19)12-13-8-6-7-11-15(13)17(20)21/h6-8,11,14H,2-5,9-10,12H2,1H3,(H,20,21). The molecule has 0 bridgehead atoms. The third kappa shape index (κ3) is 3.84. The minimum Gasteiger partial charge on any atom is -0.478 e. The van der Waals surface area contributed by atoms with Crippen molar-refractivity contribution in [2.75, 3.05) is 6.54 Å². The Kier molecular flexibility index (Phi) is 5.37. The van der Waals surface area contributed by atoms with E-state index in [0.717, 1.165) is 12.8 Å². The van der Waals surface area contributed by atoms with Gasteiger partial charge in [-0.25, -0.2) is 4.79 Å². The lowest BCUT2D eigenvalue weighted by atomic mass is 9.93. The molecule has 1 aliphatic rings. The van der Waals surface area contributed by atoms with E-state index in [0.29, 0.717) is 18.2 Å². The number of nitrogens with zero attached hydrogens (tertiary/aromatic N) is 1. The average Bonchev–Trinajstić information content (AvgIpc) is 2.49. The number of amides is 1. The predicted molar refractivity (Wildman–Crippen MR) is 81.4 cm³/mol. The third-order valence-electron chi connectivity index (χ3n) is 4.27. The number of aromatic carboxylic acids is 1. The minimum atomic E-state index is -0.973. The van der Waals surface area contributed by atoms with E-state index < -0.39 is 5.97 Å². The summed E-state index contributed by atoms with van der Waals surface area (Å²) >= 11 is 0. The van der Waals surface area contributed by atoms with E-state index >= 15 is 0 Å². The molecule has 0 heterocycles. The number of rotatable bonds is 5. The van der Waals surface area contributed by atoms with Crippen LogP contribution >= 0.6 is 0 Å². The minimum absolute atomic E-state index is 0.0399. The highest BCUT2D eigenvalue weighted by atomic mass is 16.4. The fraction of sp³-hybridized carbons (Fsp3) is 0.529. The first-order valence-electron chi connectivity index (χ1n) is 7.74. The fourth-order valence-electron chi connectivity index (χ4n) is 3.18. The van der Waals surface area contributed by atoms with E-state index in [1.807, 2.05) is 11.8 Å². The van der Waals surface area contributed by atoms with Crippen LogP contribution in [0, 0.1) is 0 Å². The highest BCUT2D eigenvalue weighted by Crippen LogP contribution is 2.23. The van der Waals surface area contributed by atoms with Gasteiger partial charge in [0.25, 0.3) is 0 Å². The van der Waals surface area contributed by atoms with Gasteiger partial charge in [0.2, 0.25) is 5.91 Å². The number of benzene rings is 1. The van der Waals surface area contributed by atoms with Crippen molar-refractivity contribution in [1.29, 1.82) is 0 Å². The molecule has 0 aromatic heterocycles. The molecule has 1 N–H and O–H groups in total. The summed E-state index contributed by atoms with van der Waals surface area (Å²) in [4.78, 5) is 25.7. The lowest BCUT2D eigenvalue weighted by Crippen LogP contribution is -2.42. The molecule has 1 fully saturated rings. The van der Waals surface area contributed by atoms with Crippen molar-refractivity contribution in [3.63, 3.8) is 0 Å². The zero-order valence-electron chi connectivity index (χ0n) is 12.5. The maximum absolute atomic E-state index is 12.6. The first-order valence-corrected chi connectivity index (χ1v) is 7.74. The van der Waals surface area contributed by atoms with Gasteiger partial charge in [-0.05, 0) is 31.4 Å². The summed E-state index contributed by atoms with van der Waals surface area (Å²) < 4.78 is 0. The van der Waals surface area contributed by atoms with E-state index in [9.17, 15) is 14.7 Å². The molecule has 0 atom stereocenters. The molecule has 4 heteroatoms. The summed E-state index contributed by atoms with van der Waals surface area (Å²) in [6.07, 6.45) is 5.93. The van der Waals surface area contributed by atoms with Crippen molar-refractivity contribution >= 4 is 11.9 Å². The molecule has 1 aliphatic carbocycles. The Balaban J connectivity index is 2.10. The predicted octanol–water partition coefficient (Wildman–Crippen LogP) is 3.11. The van der Waals surface area contributed by atoms with Gasteiger partial charge in [0.1, 0.15) is 0 Å². The van der Waals surface area contributed by atoms with Crippen molar-refractivity contribution in [2.45, 2.75) is 51.5 Å². The van der Waals surface area contributed by atoms with Gasteiger partial charge in [0.15, 0.2) is 0 Å². The van der Waals surface area contributed by atoms with Crippen molar-refractivity contribution < 1.29 is 14.7 Å². The van der Waals surface area contributed by atoms with E-state index in [4.69, 9.17) is 0 Å². The fourth-order valence-corrected chi connectivity index (χ4v) is 3.18. The van der Waals surface area contributed by atoms with Crippen molar-refractivity contribution in [2.24, 2.45) is 0 Å². The number of carboxylic acids is 1. The molecule has 21 heavy (non-hydrogen) atoms. The van der Waals surface area contributed by atoms with Crippen LogP contribution in [0.3, 0.4) is 0 Å². The van der Waals surface area contributed by atoms with Gasteiger partial charge in [-0.1, -0.05) is 37.5 Å². The molecule has 0 aliphatic heterocycles. The number of likely N-dealkylation sites (N-methyl/N-ethyl adjacent to an activating group) is 1. The van der Waals surface area contributed by atoms with Gasteiger partial charge in [-0.2, -0.15) is 0 Å². The summed E-state index contributed by atoms with van der Waals surface area (Å²) in [7, 11) is 0. The van der Waals surface area contributed by atoms with Crippen LogP contribution in [0.15, 0.2) is 24.3 Å². The third-order valence-corrected chi connectivity index (χ3v) is 4.27. The molecule has 0 radical (unpaired) electrons. The second-order valence-corrected chi connectivity index (χ2v) is 5.61. The van der Waals surface area contributed by atoms with Gasteiger partial charge in [-0.3, -0.25) is 4.79 Å². The van der Waals surface area contributed by atoms with Gasteiger partial charge >= 0.3 is 5.97 Å². The summed E-state index contributed by atoms with van der Waals surface area (Å²) in [6.45, 7) is 2.69. The quantitative estimate of drug-likeness (QED) is 0.906. The van der Waals surface area contributed by atoms with Crippen LogP contribution in [0.4, 0.5) is 0 Å². The van der Waals surface area contributed by atoms with Crippen LogP contribution in [0.5, 0.6) is 0 Å². The maximum atomic E-state index is 12.6. The molecular formula is C17H23NO3. The van der Waals surface area contributed by atoms with E-state index in [1.54, 1.807) is 24.3 Å². The highest BCUT2D eigenvalue weighted by Gasteiger charge is 2.25. The molecule has 0 spiro atoms. The molecule has 1 aromatic carbocycles. The van der Waals surface area contributed by atoms with Crippen LogP contribution in [-0.4, -0.2) is 34.5 Å². The number of carboxylic acid groups (broad SMARTS) is 1. The van der Waals surface area contributed by atoms with Crippen LogP contribution in [-0.2, 0) is 11.2 Å². The van der Waals surface area contributed by atoms with Crippen LogP contribution in [0.1, 0.15) is 54.9 Å². The first kappa shape index (κ1) is 15.5. The SMILES string of the molecule is CCN(C(=O)Cc1ccccc1C(=O)O)C1CCCCC1. The highest BCUT2D eigenvalue weighted by molar-refractivity contribution is 5.91. The Morgan fingerprint density at radius 3 is 2.48 bits per heavy atom. The van der Waals surface area contributed by atoms with E-state index in [2.05, 4.69) is 0 Å². The Labute approximate surface area is 125 Å².